The van der Waals surface area contributed by atoms with E-state index in [4.69, 9.17) is 29.0 Å². The molecule has 0 bridgehead atoms. The Morgan fingerprint density at radius 3 is 2.53 bits per heavy atom. The number of hydrogen-bond acceptors (Lipinski definition) is 3. The van der Waals surface area contributed by atoms with Gasteiger partial charge in [0.25, 0.3) is 0 Å². The number of hydrogen-bond donors (Lipinski definition) is 2. The molecule has 0 heterocycles. The molecule has 15 heavy (non-hydrogen) atoms. The van der Waals surface area contributed by atoms with E-state index in [9.17, 15) is 4.79 Å². The molecule has 1 aromatic carbocycles. The van der Waals surface area contributed by atoms with Gasteiger partial charge in [0.2, 0.25) is 5.91 Å². The second-order valence-corrected chi connectivity index (χ2v) is 4.64. The number of carbonyl (C=O) groups excluding carboxylic acids is 1. The quantitative estimate of drug-likeness (QED) is 0.380. The number of thioether (sulfide) groups is 1. The van der Waals surface area contributed by atoms with Gasteiger partial charge in [0.15, 0.2) is 0 Å². The minimum Gasteiger partial charge on any atom is -0.294 e. The zero-order valence-electron chi connectivity index (χ0n) is 7.80. The summed E-state index contributed by atoms with van der Waals surface area (Å²) < 4.78 is 0. The lowest BCUT2D eigenvalue weighted by Crippen LogP contribution is -2.30. The maximum Gasteiger partial charge on any atom is 0.234 e. The normalized spacial score (nSPS) is 10.1. The van der Waals surface area contributed by atoms with E-state index in [-0.39, 0.29) is 5.91 Å². The van der Waals surface area contributed by atoms with Crippen LogP contribution in [-0.2, 0) is 4.79 Å². The first kappa shape index (κ1) is 12.6. The van der Waals surface area contributed by atoms with E-state index >= 15 is 0 Å². The first-order valence-electron chi connectivity index (χ1n) is 4.21. The van der Waals surface area contributed by atoms with Crippen molar-refractivity contribution in [3.63, 3.8) is 0 Å². The van der Waals surface area contributed by atoms with Crippen LogP contribution in [0.15, 0.2) is 23.1 Å². The SMILES string of the molecule is NNC(=O)CCSc1c(Cl)cccc1Cl. The summed E-state index contributed by atoms with van der Waals surface area (Å²) in [5.74, 6) is 5.34. The number of nitrogens with two attached hydrogens (primary N) is 1. The van der Waals surface area contributed by atoms with Crippen molar-refractivity contribution in [3.05, 3.63) is 28.2 Å². The second-order valence-electron chi connectivity index (χ2n) is 2.72. The minimum absolute atomic E-state index is 0.203. The standard InChI is InChI=1S/C9H10Cl2N2OS/c10-6-2-1-3-7(11)9(6)15-5-4-8(14)13-12/h1-3H,4-5,12H2,(H,13,14). The Balaban J connectivity index is 2.54. The van der Waals surface area contributed by atoms with Crippen LogP contribution in [0.5, 0.6) is 0 Å². The van der Waals surface area contributed by atoms with Crippen LogP contribution in [0.2, 0.25) is 10.0 Å². The molecule has 0 aliphatic heterocycles. The van der Waals surface area contributed by atoms with Crippen molar-refractivity contribution in [1.82, 2.24) is 5.43 Å². The zero-order chi connectivity index (χ0) is 11.3. The molecule has 82 valence electrons. The van der Waals surface area contributed by atoms with Crippen LogP contribution in [0.3, 0.4) is 0 Å². The van der Waals surface area contributed by atoms with Crippen LogP contribution >= 0.6 is 35.0 Å². The van der Waals surface area contributed by atoms with Gasteiger partial charge in [0.1, 0.15) is 0 Å². The minimum atomic E-state index is -0.203. The predicted octanol–water partition coefficient (Wildman–Crippen LogP) is 2.47. The fourth-order valence-electron chi connectivity index (χ4n) is 0.938. The highest BCUT2D eigenvalue weighted by Gasteiger charge is 2.06. The van der Waals surface area contributed by atoms with Gasteiger partial charge in [0, 0.05) is 17.1 Å². The summed E-state index contributed by atoms with van der Waals surface area (Å²) in [4.78, 5) is 11.7. The molecule has 0 saturated heterocycles. The predicted molar refractivity (Wildman–Crippen MR) is 64.1 cm³/mol. The van der Waals surface area contributed by atoms with Gasteiger partial charge in [-0.15, -0.1) is 11.8 Å². The number of benzene rings is 1. The number of nitrogens with one attached hydrogen (secondary N) is 1. The van der Waals surface area contributed by atoms with Crippen LogP contribution in [0.4, 0.5) is 0 Å². The van der Waals surface area contributed by atoms with Crippen LogP contribution < -0.4 is 11.3 Å². The molecular weight excluding hydrogens is 255 g/mol. The van der Waals surface area contributed by atoms with Crippen molar-refractivity contribution in [2.75, 3.05) is 5.75 Å². The van der Waals surface area contributed by atoms with Gasteiger partial charge in [-0.05, 0) is 12.1 Å². The van der Waals surface area contributed by atoms with Gasteiger partial charge in [-0.2, -0.15) is 0 Å². The summed E-state index contributed by atoms with van der Waals surface area (Å²) in [6.07, 6.45) is 0.336. The molecule has 0 unspecified atom stereocenters. The van der Waals surface area contributed by atoms with Crippen molar-refractivity contribution < 1.29 is 4.79 Å². The maximum atomic E-state index is 10.9. The van der Waals surface area contributed by atoms with E-state index in [1.54, 1.807) is 18.2 Å². The van der Waals surface area contributed by atoms with Gasteiger partial charge in [-0.25, -0.2) is 5.84 Å². The smallest absolute Gasteiger partial charge is 0.234 e. The number of carbonyl (C=O) groups is 1. The molecule has 0 aromatic heterocycles. The Kier molecular flexibility index (Phi) is 5.25. The molecule has 0 radical (unpaired) electrons. The topological polar surface area (TPSA) is 55.1 Å². The summed E-state index contributed by atoms with van der Waals surface area (Å²) in [5, 5.41) is 1.20. The van der Waals surface area contributed by atoms with E-state index in [0.717, 1.165) is 4.90 Å². The van der Waals surface area contributed by atoms with E-state index in [1.807, 2.05) is 0 Å². The molecular formula is C9H10Cl2N2OS. The summed E-state index contributed by atoms with van der Waals surface area (Å²) in [5.41, 5.74) is 2.06. The highest BCUT2D eigenvalue weighted by atomic mass is 35.5. The van der Waals surface area contributed by atoms with E-state index < -0.39 is 0 Å². The highest BCUT2D eigenvalue weighted by Crippen LogP contribution is 2.33. The van der Waals surface area contributed by atoms with Crippen molar-refractivity contribution in [2.24, 2.45) is 5.84 Å². The number of rotatable bonds is 4. The molecule has 0 aliphatic carbocycles. The van der Waals surface area contributed by atoms with E-state index in [0.29, 0.717) is 22.2 Å². The van der Waals surface area contributed by atoms with Crippen LogP contribution in [0, 0.1) is 0 Å². The molecule has 0 fully saturated rings. The number of halogens is 2. The Bertz CT molecular complexity index is 340. The average molecular weight is 265 g/mol. The van der Waals surface area contributed by atoms with Crippen LogP contribution in [0.25, 0.3) is 0 Å². The first-order chi connectivity index (χ1) is 7.15. The monoisotopic (exact) mass is 264 g/mol. The molecule has 1 rings (SSSR count). The van der Waals surface area contributed by atoms with E-state index in [2.05, 4.69) is 5.43 Å². The molecule has 0 saturated carbocycles. The third-order valence-electron chi connectivity index (χ3n) is 1.66. The second kappa shape index (κ2) is 6.23. The Morgan fingerprint density at radius 1 is 1.40 bits per heavy atom. The summed E-state index contributed by atoms with van der Waals surface area (Å²) >= 11 is 13.3. The van der Waals surface area contributed by atoms with Crippen molar-refractivity contribution in [1.29, 1.82) is 0 Å². The van der Waals surface area contributed by atoms with Crippen molar-refractivity contribution >= 4 is 40.9 Å². The van der Waals surface area contributed by atoms with Gasteiger partial charge in [-0.1, -0.05) is 29.3 Å². The van der Waals surface area contributed by atoms with Gasteiger partial charge < -0.3 is 0 Å². The third kappa shape index (κ3) is 3.91. The molecule has 6 heteroatoms. The summed E-state index contributed by atoms with van der Waals surface area (Å²) in [6, 6.07) is 5.30. The molecule has 3 N–H and O–H groups in total. The average Bonchev–Trinajstić information content (AvgIpc) is 2.22. The maximum absolute atomic E-state index is 10.9. The Morgan fingerprint density at radius 2 is 2.00 bits per heavy atom. The lowest BCUT2D eigenvalue weighted by Gasteiger charge is -2.05. The van der Waals surface area contributed by atoms with Gasteiger partial charge in [0.05, 0.1) is 10.0 Å². The molecule has 0 spiro atoms. The number of amides is 1. The zero-order valence-corrected chi connectivity index (χ0v) is 10.1. The molecule has 0 aliphatic rings. The fraction of sp³-hybridized carbons (Fsp3) is 0.222. The van der Waals surface area contributed by atoms with Gasteiger partial charge >= 0.3 is 0 Å². The largest absolute Gasteiger partial charge is 0.294 e. The van der Waals surface area contributed by atoms with Crippen LogP contribution in [-0.4, -0.2) is 11.7 Å². The summed E-state index contributed by atoms with van der Waals surface area (Å²) in [6.45, 7) is 0. The highest BCUT2D eigenvalue weighted by molar-refractivity contribution is 7.99. The van der Waals surface area contributed by atoms with E-state index in [1.165, 1.54) is 11.8 Å². The van der Waals surface area contributed by atoms with Crippen molar-refractivity contribution in [2.45, 2.75) is 11.3 Å². The first-order valence-corrected chi connectivity index (χ1v) is 5.95. The third-order valence-corrected chi connectivity index (χ3v) is 3.65. The molecule has 1 aromatic rings. The molecule has 3 nitrogen and oxygen atoms in total. The Labute approximate surface area is 102 Å². The molecule has 1 amide bonds. The lowest BCUT2D eigenvalue weighted by atomic mass is 10.4. The Hall–Kier alpha value is -0.420. The van der Waals surface area contributed by atoms with Crippen LogP contribution in [0.1, 0.15) is 6.42 Å². The number of hydrazine groups is 1. The molecule has 0 atom stereocenters. The fourth-order valence-corrected chi connectivity index (χ4v) is 2.57. The van der Waals surface area contributed by atoms with Gasteiger partial charge in [-0.3, -0.25) is 10.2 Å². The summed E-state index contributed by atoms with van der Waals surface area (Å²) in [7, 11) is 0. The lowest BCUT2D eigenvalue weighted by molar-refractivity contribution is -0.120. The van der Waals surface area contributed by atoms with Crippen molar-refractivity contribution in [3.8, 4) is 0 Å².